The molecule has 1 aliphatic rings. The smallest absolute Gasteiger partial charge is 0.00726 e. The largest absolute Gasteiger partial charge is 0.158 e. The zero-order valence-electron chi connectivity index (χ0n) is 8.51. The molecule has 0 aliphatic heterocycles. The molecule has 0 saturated heterocycles. The summed E-state index contributed by atoms with van der Waals surface area (Å²) in [5.74, 6) is 2.38. The van der Waals surface area contributed by atoms with Gasteiger partial charge in [0.1, 0.15) is 0 Å². The van der Waals surface area contributed by atoms with Gasteiger partial charge in [0.05, 0.1) is 0 Å². The lowest BCUT2D eigenvalue weighted by Crippen LogP contribution is -2.19. The minimum absolute atomic E-state index is 0.987. The molecule has 1 heteroatoms. The number of rotatable bonds is 4. The number of hydrogen-bond donors (Lipinski definition) is 0. The summed E-state index contributed by atoms with van der Waals surface area (Å²) < 4.78 is 0. The number of thioether (sulfide) groups is 1. The fourth-order valence-electron chi connectivity index (χ4n) is 1.91. The summed E-state index contributed by atoms with van der Waals surface area (Å²) in [5.41, 5.74) is 0. The molecule has 0 heterocycles. The molecular formula is C11H22S. The molecule has 2 atom stereocenters. The molecule has 1 fully saturated rings. The Kier molecular flexibility index (Phi) is 5.13. The van der Waals surface area contributed by atoms with E-state index < -0.39 is 0 Å². The van der Waals surface area contributed by atoms with Gasteiger partial charge in [-0.05, 0) is 30.9 Å². The van der Waals surface area contributed by atoms with E-state index in [1.807, 2.05) is 0 Å². The first-order valence-corrected chi connectivity index (χ1v) is 6.51. The molecule has 0 amide bonds. The molecule has 0 bridgehead atoms. The number of unbranched alkanes of at least 4 members (excludes halogenated alkanes) is 1. The van der Waals surface area contributed by atoms with Crippen LogP contribution in [0.5, 0.6) is 0 Å². The standard InChI is InChI=1S/C11H22S/c1-3-4-9-12-11-8-6-5-7-10(11)2/h10-11H,3-9H2,1-2H3. The molecule has 1 saturated carbocycles. The second-order valence-corrected chi connectivity index (χ2v) is 5.37. The van der Waals surface area contributed by atoms with Gasteiger partial charge in [0, 0.05) is 5.25 Å². The summed E-state index contributed by atoms with van der Waals surface area (Å²) in [6.07, 6.45) is 8.68. The van der Waals surface area contributed by atoms with Gasteiger partial charge in [-0.3, -0.25) is 0 Å². The lowest BCUT2D eigenvalue weighted by atomic mass is 9.90. The van der Waals surface area contributed by atoms with Gasteiger partial charge in [0.2, 0.25) is 0 Å². The maximum absolute atomic E-state index is 2.43. The first kappa shape index (κ1) is 10.4. The summed E-state index contributed by atoms with van der Waals surface area (Å²) in [4.78, 5) is 0. The Morgan fingerprint density at radius 3 is 2.67 bits per heavy atom. The number of hydrogen-bond acceptors (Lipinski definition) is 1. The lowest BCUT2D eigenvalue weighted by Gasteiger charge is -2.28. The zero-order valence-corrected chi connectivity index (χ0v) is 9.33. The molecule has 0 radical (unpaired) electrons. The van der Waals surface area contributed by atoms with Gasteiger partial charge in [-0.1, -0.05) is 33.1 Å². The summed E-state index contributed by atoms with van der Waals surface area (Å²) in [7, 11) is 0. The summed E-state index contributed by atoms with van der Waals surface area (Å²) in [6.45, 7) is 4.72. The van der Waals surface area contributed by atoms with Gasteiger partial charge in [0.25, 0.3) is 0 Å². The first-order valence-electron chi connectivity index (χ1n) is 5.46. The fraction of sp³-hybridized carbons (Fsp3) is 1.00. The molecule has 0 aromatic heterocycles. The van der Waals surface area contributed by atoms with Crippen molar-refractivity contribution in [3.8, 4) is 0 Å². The van der Waals surface area contributed by atoms with Crippen molar-refractivity contribution in [1.29, 1.82) is 0 Å². The highest BCUT2D eigenvalue weighted by molar-refractivity contribution is 7.99. The quantitative estimate of drug-likeness (QED) is 0.596. The third-order valence-corrected chi connectivity index (χ3v) is 4.52. The Hall–Kier alpha value is 0.350. The van der Waals surface area contributed by atoms with Gasteiger partial charge in [0.15, 0.2) is 0 Å². The maximum atomic E-state index is 2.43. The van der Waals surface area contributed by atoms with E-state index in [4.69, 9.17) is 0 Å². The minimum atomic E-state index is 0.987. The van der Waals surface area contributed by atoms with E-state index in [-0.39, 0.29) is 0 Å². The van der Waals surface area contributed by atoms with Crippen LogP contribution in [0.4, 0.5) is 0 Å². The molecule has 0 aromatic rings. The second kappa shape index (κ2) is 5.90. The normalized spacial score (nSPS) is 30.5. The van der Waals surface area contributed by atoms with Crippen LogP contribution in [0.3, 0.4) is 0 Å². The first-order chi connectivity index (χ1) is 5.84. The van der Waals surface area contributed by atoms with E-state index in [1.165, 1.54) is 44.3 Å². The molecule has 2 unspecified atom stereocenters. The molecule has 12 heavy (non-hydrogen) atoms. The van der Waals surface area contributed by atoms with E-state index in [9.17, 15) is 0 Å². The lowest BCUT2D eigenvalue weighted by molar-refractivity contribution is 0.397. The van der Waals surface area contributed by atoms with E-state index in [0.717, 1.165) is 11.2 Å². The van der Waals surface area contributed by atoms with Crippen LogP contribution < -0.4 is 0 Å². The van der Waals surface area contributed by atoms with Crippen molar-refractivity contribution in [3.05, 3.63) is 0 Å². The van der Waals surface area contributed by atoms with Crippen LogP contribution >= 0.6 is 11.8 Å². The highest BCUT2D eigenvalue weighted by Gasteiger charge is 2.20. The van der Waals surface area contributed by atoms with Crippen molar-refractivity contribution in [1.82, 2.24) is 0 Å². The Balaban J connectivity index is 2.11. The van der Waals surface area contributed by atoms with Crippen LogP contribution in [0.1, 0.15) is 52.4 Å². The van der Waals surface area contributed by atoms with Crippen LogP contribution in [0.2, 0.25) is 0 Å². The average molecular weight is 186 g/mol. The SMILES string of the molecule is CCCCSC1CCCCC1C. The molecule has 1 rings (SSSR count). The Morgan fingerprint density at radius 1 is 1.25 bits per heavy atom. The zero-order chi connectivity index (χ0) is 8.81. The Bertz CT molecular complexity index is 112. The second-order valence-electron chi connectivity index (χ2n) is 4.02. The van der Waals surface area contributed by atoms with Gasteiger partial charge >= 0.3 is 0 Å². The predicted molar refractivity (Wildman–Crippen MR) is 58.8 cm³/mol. The van der Waals surface area contributed by atoms with E-state index in [1.54, 1.807) is 0 Å². The van der Waals surface area contributed by atoms with Gasteiger partial charge < -0.3 is 0 Å². The van der Waals surface area contributed by atoms with Crippen LogP contribution in [-0.4, -0.2) is 11.0 Å². The van der Waals surface area contributed by atoms with E-state index in [0.29, 0.717) is 0 Å². The molecular weight excluding hydrogens is 164 g/mol. The van der Waals surface area contributed by atoms with Crippen molar-refractivity contribution in [2.75, 3.05) is 5.75 Å². The minimum Gasteiger partial charge on any atom is -0.158 e. The third-order valence-electron chi connectivity index (χ3n) is 2.86. The van der Waals surface area contributed by atoms with Gasteiger partial charge in [-0.25, -0.2) is 0 Å². The van der Waals surface area contributed by atoms with E-state index >= 15 is 0 Å². The van der Waals surface area contributed by atoms with Crippen molar-refractivity contribution in [2.45, 2.75) is 57.6 Å². The highest BCUT2D eigenvalue weighted by Crippen LogP contribution is 2.33. The maximum Gasteiger partial charge on any atom is 0.00726 e. The van der Waals surface area contributed by atoms with Gasteiger partial charge in [-0.15, -0.1) is 0 Å². The fourth-order valence-corrected chi connectivity index (χ4v) is 3.46. The van der Waals surface area contributed by atoms with Crippen molar-refractivity contribution < 1.29 is 0 Å². The van der Waals surface area contributed by atoms with E-state index in [2.05, 4.69) is 25.6 Å². The van der Waals surface area contributed by atoms with Crippen LogP contribution in [-0.2, 0) is 0 Å². The topological polar surface area (TPSA) is 0 Å². The Morgan fingerprint density at radius 2 is 2.00 bits per heavy atom. The molecule has 0 N–H and O–H groups in total. The molecule has 72 valence electrons. The third kappa shape index (κ3) is 3.38. The summed E-state index contributed by atoms with van der Waals surface area (Å²) >= 11 is 2.23. The average Bonchev–Trinajstić information content (AvgIpc) is 2.09. The summed E-state index contributed by atoms with van der Waals surface area (Å²) in [5, 5.41) is 0.991. The molecule has 0 spiro atoms. The van der Waals surface area contributed by atoms with Gasteiger partial charge in [-0.2, -0.15) is 11.8 Å². The van der Waals surface area contributed by atoms with Crippen LogP contribution in [0, 0.1) is 5.92 Å². The molecule has 1 aliphatic carbocycles. The van der Waals surface area contributed by atoms with Crippen LogP contribution in [0.25, 0.3) is 0 Å². The van der Waals surface area contributed by atoms with Crippen molar-refractivity contribution >= 4 is 11.8 Å². The predicted octanol–water partition coefficient (Wildman–Crippen LogP) is 4.10. The summed E-state index contributed by atoms with van der Waals surface area (Å²) in [6, 6.07) is 0. The Labute approximate surface area is 81.5 Å². The van der Waals surface area contributed by atoms with Crippen LogP contribution in [0.15, 0.2) is 0 Å². The highest BCUT2D eigenvalue weighted by atomic mass is 32.2. The van der Waals surface area contributed by atoms with Crippen molar-refractivity contribution in [2.24, 2.45) is 5.92 Å². The molecule has 0 aromatic carbocycles. The molecule has 0 nitrogen and oxygen atoms in total. The van der Waals surface area contributed by atoms with Crippen molar-refractivity contribution in [3.63, 3.8) is 0 Å². The monoisotopic (exact) mass is 186 g/mol.